The van der Waals surface area contributed by atoms with Crippen LogP contribution >= 0.6 is 0 Å². The van der Waals surface area contributed by atoms with E-state index in [9.17, 15) is 4.79 Å². The summed E-state index contributed by atoms with van der Waals surface area (Å²) in [4.78, 5) is 28.4. The number of carbonyl (C=O) groups is 1. The molecule has 1 saturated heterocycles. The lowest BCUT2D eigenvalue weighted by Crippen LogP contribution is -2.41. The highest BCUT2D eigenvalue weighted by molar-refractivity contribution is 6.63. The summed E-state index contributed by atoms with van der Waals surface area (Å²) in [5.41, 5.74) is 6.91. The lowest BCUT2D eigenvalue weighted by molar-refractivity contribution is 0.00578. The molecular weight excluding hydrogens is 541 g/mol. The van der Waals surface area contributed by atoms with Crippen LogP contribution in [-0.2, 0) is 22.9 Å². The van der Waals surface area contributed by atoms with E-state index in [0.717, 1.165) is 50.1 Å². The van der Waals surface area contributed by atoms with Crippen molar-refractivity contribution in [2.45, 2.75) is 59.3 Å². The third-order valence-corrected chi connectivity index (χ3v) is 9.08. The van der Waals surface area contributed by atoms with Crippen molar-refractivity contribution in [3.05, 3.63) is 77.2 Å². The average Bonchev–Trinajstić information content (AvgIpc) is 3.68. The number of hydrogen-bond acceptors (Lipinski definition) is 7. The van der Waals surface area contributed by atoms with E-state index in [1.807, 2.05) is 102 Å². The lowest BCUT2D eigenvalue weighted by Gasteiger charge is -2.32. The first-order valence-electron chi connectivity index (χ1n) is 14.4. The molecule has 0 unspecified atom stereocenters. The van der Waals surface area contributed by atoms with E-state index in [4.69, 9.17) is 14.3 Å². The van der Waals surface area contributed by atoms with E-state index in [0.29, 0.717) is 23.9 Å². The number of rotatable bonds is 5. The molecule has 0 radical (unpaired) electrons. The number of fused-ring (bicyclic) bond motifs is 2. The molecule has 11 heteroatoms. The van der Waals surface area contributed by atoms with Gasteiger partial charge in [-0.15, -0.1) is 0 Å². The number of aromatic nitrogens is 5. The van der Waals surface area contributed by atoms with Crippen LogP contribution in [0.15, 0.2) is 54.9 Å². The molecule has 7 rings (SSSR count). The van der Waals surface area contributed by atoms with Crippen LogP contribution in [0.25, 0.3) is 22.2 Å². The van der Waals surface area contributed by atoms with Gasteiger partial charge in [0.05, 0.1) is 34.6 Å². The van der Waals surface area contributed by atoms with Gasteiger partial charge in [-0.3, -0.25) is 9.48 Å². The summed E-state index contributed by atoms with van der Waals surface area (Å²) in [6, 6.07) is 13.7. The molecule has 2 aliphatic rings. The molecule has 43 heavy (non-hydrogen) atoms. The summed E-state index contributed by atoms with van der Waals surface area (Å²) in [5, 5.41) is 8.64. The van der Waals surface area contributed by atoms with Crippen LogP contribution in [-0.4, -0.2) is 49.0 Å². The zero-order chi connectivity index (χ0) is 30.3. The monoisotopic (exact) mass is 575 g/mol. The van der Waals surface area contributed by atoms with E-state index in [1.54, 1.807) is 10.9 Å². The summed E-state index contributed by atoms with van der Waals surface area (Å²) in [5.74, 6) is 1.10. The molecule has 0 bridgehead atoms. The van der Waals surface area contributed by atoms with Gasteiger partial charge in [-0.2, -0.15) is 5.10 Å². The Kier molecular flexibility index (Phi) is 6.06. The van der Waals surface area contributed by atoms with Crippen molar-refractivity contribution in [1.82, 2.24) is 24.7 Å². The fraction of sp³-hybridized carbons (Fsp3) is 0.312. The molecule has 0 saturated carbocycles. The molecule has 1 fully saturated rings. The first kappa shape index (κ1) is 27.4. The Morgan fingerprint density at radius 2 is 1.77 bits per heavy atom. The maximum atomic E-state index is 13.8. The van der Waals surface area contributed by atoms with Crippen LogP contribution in [0.4, 0.5) is 17.5 Å². The highest BCUT2D eigenvalue weighted by atomic mass is 16.7. The number of aromatic amines is 1. The molecule has 0 spiro atoms. The predicted molar refractivity (Wildman–Crippen MR) is 168 cm³/mol. The van der Waals surface area contributed by atoms with Gasteiger partial charge in [0, 0.05) is 47.7 Å². The second kappa shape index (κ2) is 9.52. The fourth-order valence-electron chi connectivity index (χ4n) is 5.81. The Bertz CT molecular complexity index is 1890. The largest absolute Gasteiger partial charge is 0.495 e. The van der Waals surface area contributed by atoms with Crippen molar-refractivity contribution in [3.8, 4) is 11.3 Å². The van der Waals surface area contributed by atoms with Crippen molar-refractivity contribution in [2.75, 3.05) is 10.2 Å². The van der Waals surface area contributed by atoms with Gasteiger partial charge in [0.25, 0.3) is 5.91 Å². The van der Waals surface area contributed by atoms with Crippen molar-refractivity contribution in [1.29, 1.82) is 0 Å². The quantitative estimate of drug-likeness (QED) is 0.278. The minimum Gasteiger partial charge on any atom is -0.399 e. The van der Waals surface area contributed by atoms with Gasteiger partial charge >= 0.3 is 7.12 Å². The number of H-pyrrole nitrogens is 1. The molecule has 1 amide bonds. The molecule has 3 aromatic heterocycles. The number of nitrogens with one attached hydrogen (secondary N) is 2. The smallest absolute Gasteiger partial charge is 0.399 e. The summed E-state index contributed by atoms with van der Waals surface area (Å²) in [6.45, 7) is 12.6. The van der Waals surface area contributed by atoms with E-state index in [-0.39, 0.29) is 5.91 Å². The fourth-order valence-corrected chi connectivity index (χ4v) is 5.81. The maximum absolute atomic E-state index is 13.8. The summed E-state index contributed by atoms with van der Waals surface area (Å²) in [6.07, 6.45) is 3.75. The molecule has 0 aliphatic carbocycles. The van der Waals surface area contributed by atoms with E-state index in [2.05, 4.69) is 20.4 Å². The van der Waals surface area contributed by atoms with Crippen molar-refractivity contribution >= 4 is 46.8 Å². The first-order valence-corrected chi connectivity index (χ1v) is 14.4. The Morgan fingerprint density at radius 3 is 2.49 bits per heavy atom. The SMILES string of the molecule is Cc1cnc(Nc2cc(C)n(C)n2)nc1-c1c[nH]c2c(N3Cc4c(B5OC(C)(C)C(C)(C)O5)cccc4C3=O)cccc12. The van der Waals surface area contributed by atoms with Gasteiger partial charge in [-0.05, 0) is 70.3 Å². The second-order valence-corrected chi connectivity index (χ2v) is 12.4. The highest BCUT2D eigenvalue weighted by Crippen LogP contribution is 2.40. The Hall–Kier alpha value is -4.48. The third kappa shape index (κ3) is 4.33. The molecule has 2 N–H and O–H groups in total. The molecule has 218 valence electrons. The van der Waals surface area contributed by atoms with Crippen molar-refractivity contribution in [2.24, 2.45) is 7.05 Å². The van der Waals surface area contributed by atoms with Gasteiger partial charge < -0.3 is 24.5 Å². The van der Waals surface area contributed by atoms with Crippen molar-refractivity contribution in [3.63, 3.8) is 0 Å². The zero-order valence-electron chi connectivity index (χ0n) is 25.4. The number of amides is 1. The van der Waals surface area contributed by atoms with E-state index in [1.165, 1.54) is 0 Å². The molecule has 10 nitrogen and oxygen atoms in total. The molecular formula is C32H34BN7O3. The molecule has 5 heterocycles. The van der Waals surface area contributed by atoms with Crippen LogP contribution in [0, 0.1) is 13.8 Å². The Labute approximate surface area is 250 Å². The minimum absolute atomic E-state index is 0.0487. The molecule has 2 aliphatic heterocycles. The van der Waals surface area contributed by atoms with Crippen LogP contribution in [0.2, 0.25) is 0 Å². The maximum Gasteiger partial charge on any atom is 0.495 e. The average molecular weight is 575 g/mol. The van der Waals surface area contributed by atoms with Crippen LogP contribution in [0.3, 0.4) is 0 Å². The number of hydrogen-bond donors (Lipinski definition) is 2. The molecule has 5 aromatic rings. The predicted octanol–water partition coefficient (Wildman–Crippen LogP) is 5.18. The van der Waals surface area contributed by atoms with Crippen LogP contribution in [0.5, 0.6) is 0 Å². The van der Waals surface area contributed by atoms with Gasteiger partial charge in [-0.1, -0.05) is 24.3 Å². The number of aryl methyl sites for hydroxylation is 3. The summed E-state index contributed by atoms with van der Waals surface area (Å²) >= 11 is 0. The van der Waals surface area contributed by atoms with Gasteiger partial charge in [0.2, 0.25) is 5.95 Å². The first-order chi connectivity index (χ1) is 20.4. The van der Waals surface area contributed by atoms with Crippen LogP contribution in [0.1, 0.15) is 54.9 Å². The second-order valence-electron chi connectivity index (χ2n) is 12.4. The Balaban J connectivity index is 1.23. The highest BCUT2D eigenvalue weighted by Gasteiger charge is 2.53. The third-order valence-electron chi connectivity index (χ3n) is 9.08. The number of anilines is 3. The molecule has 2 aromatic carbocycles. The topological polar surface area (TPSA) is 110 Å². The minimum atomic E-state index is -0.542. The zero-order valence-corrected chi connectivity index (χ0v) is 25.4. The summed E-state index contributed by atoms with van der Waals surface area (Å²) < 4.78 is 14.5. The number of nitrogens with zero attached hydrogens (tertiary/aromatic N) is 5. The summed E-state index contributed by atoms with van der Waals surface area (Å²) in [7, 11) is 1.35. The van der Waals surface area contributed by atoms with Gasteiger partial charge in [0.1, 0.15) is 0 Å². The number of para-hydroxylation sites is 1. The van der Waals surface area contributed by atoms with Crippen molar-refractivity contribution < 1.29 is 14.1 Å². The van der Waals surface area contributed by atoms with Gasteiger partial charge in [-0.25, -0.2) is 9.97 Å². The standard InChI is InChI=1S/C32H34BN7O3/c1-18-15-35-30(36-26-14-19(2)39(7)38-26)37-27(18)22-16-34-28-20(22)10-9-13-25(28)40-17-23-21(29(40)41)11-8-12-24(23)33-42-31(3,4)32(5,6)43-33/h8-16,34H,17H2,1-7H3,(H,35,36,37,38). The van der Waals surface area contributed by atoms with Crippen LogP contribution < -0.4 is 15.7 Å². The number of carbonyl (C=O) groups excluding carboxylic acids is 1. The number of benzene rings is 2. The normalized spacial score (nSPS) is 17.2. The van der Waals surface area contributed by atoms with Gasteiger partial charge in [0.15, 0.2) is 5.82 Å². The van der Waals surface area contributed by atoms with E-state index >= 15 is 0 Å². The lowest BCUT2D eigenvalue weighted by atomic mass is 9.75. The van der Waals surface area contributed by atoms with E-state index < -0.39 is 18.3 Å². The molecule has 0 atom stereocenters. The Morgan fingerprint density at radius 1 is 1.02 bits per heavy atom.